The monoisotopic (exact) mass is 466 g/mol. The molecule has 0 aliphatic heterocycles. The predicted octanol–water partition coefficient (Wildman–Crippen LogP) is 4.48. The van der Waals surface area contributed by atoms with Crippen LogP contribution in [0.15, 0.2) is 77.7 Å². The van der Waals surface area contributed by atoms with Gasteiger partial charge in [0.15, 0.2) is 15.0 Å². The summed E-state index contributed by atoms with van der Waals surface area (Å²) in [5.41, 5.74) is 2.53. The molecule has 4 rings (SSSR count). The molecule has 1 aromatic heterocycles. The van der Waals surface area contributed by atoms with E-state index in [2.05, 4.69) is 4.98 Å². The number of fused-ring (bicyclic) bond motifs is 1. The lowest BCUT2D eigenvalue weighted by atomic mass is 10.1. The minimum absolute atomic E-state index is 0.119. The van der Waals surface area contributed by atoms with Gasteiger partial charge >= 0.3 is 0 Å². The minimum Gasteiger partial charge on any atom is -0.497 e. The molecule has 0 saturated heterocycles. The van der Waals surface area contributed by atoms with E-state index in [-0.39, 0.29) is 17.2 Å². The molecular formula is C24H22N2O4S2. The zero-order valence-electron chi connectivity index (χ0n) is 17.7. The second kappa shape index (κ2) is 9.10. The second-order valence-corrected chi connectivity index (χ2v) is 10.4. The molecule has 3 aromatic carbocycles. The smallest absolute Gasteiger partial charge is 0.233 e. The van der Waals surface area contributed by atoms with Gasteiger partial charge in [0.05, 0.1) is 35.2 Å². The molecule has 1 heterocycles. The maximum absolute atomic E-state index is 13.3. The summed E-state index contributed by atoms with van der Waals surface area (Å²) in [5.74, 6) is 0.617. The molecule has 0 atom stereocenters. The fourth-order valence-corrected chi connectivity index (χ4v) is 4.93. The normalized spacial score (nSPS) is 11.4. The third-order valence-corrected chi connectivity index (χ3v) is 7.18. The Hall–Kier alpha value is -3.23. The Balaban J connectivity index is 1.65. The molecule has 0 saturated carbocycles. The number of hydrogen-bond donors (Lipinski definition) is 0. The Morgan fingerprint density at radius 2 is 1.72 bits per heavy atom. The van der Waals surface area contributed by atoms with Crippen LogP contribution in [0.1, 0.15) is 11.1 Å². The first-order chi connectivity index (χ1) is 15.3. The fourth-order valence-electron chi connectivity index (χ4n) is 3.29. The molecule has 0 unspecified atom stereocenters. The summed E-state index contributed by atoms with van der Waals surface area (Å²) in [6.07, 6.45) is 1.30. The molecule has 0 radical (unpaired) electrons. The van der Waals surface area contributed by atoms with E-state index in [0.29, 0.717) is 11.7 Å². The van der Waals surface area contributed by atoms with Crippen molar-refractivity contribution in [2.24, 2.45) is 0 Å². The van der Waals surface area contributed by atoms with Crippen molar-refractivity contribution in [2.45, 2.75) is 17.9 Å². The highest BCUT2D eigenvalue weighted by Gasteiger charge is 2.21. The quantitative estimate of drug-likeness (QED) is 0.401. The molecule has 0 bridgehead atoms. The van der Waals surface area contributed by atoms with E-state index in [1.54, 1.807) is 24.1 Å². The Morgan fingerprint density at radius 1 is 1.00 bits per heavy atom. The molecule has 4 aromatic rings. The molecule has 8 heteroatoms. The van der Waals surface area contributed by atoms with Crippen molar-refractivity contribution in [1.29, 1.82) is 0 Å². The average Bonchev–Trinajstić information content (AvgIpc) is 3.20. The average molecular weight is 467 g/mol. The van der Waals surface area contributed by atoms with Gasteiger partial charge in [-0.1, -0.05) is 53.8 Å². The van der Waals surface area contributed by atoms with Crippen molar-refractivity contribution in [2.75, 3.05) is 18.3 Å². The van der Waals surface area contributed by atoms with E-state index in [0.717, 1.165) is 33.3 Å². The zero-order valence-corrected chi connectivity index (χ0v) is 19.3. The summed E-state index contributed by atoms with van der Waals surface area (Å²) in [7, 11) is -1.67. The van der Waals surface area contributed by atoms with Crippen molar-refractivity contribution >= 4 is 42.4 Å². The number of nitrogens with zero attached hydrogens (tertiary/aromatic N) is 2. The SMILES string of the molecule is COc1ccc2nc(N(Cc3ccccc3)C(=O)Cc3ccc(S(C)(=O)=O)cc3)sc2c1. The Morgan fingerprint density at radius 3 is 2.38 bits per heavy atom. The molecule has 0 fully saturated rings. The first-order valence-corrected chi connectivity index (χ1v) is 12.6. The van der Waals surface area contributed by atoms with Crippen molar-refractivity contribution in [1.82, 2.24) is 4.98 Å². The molecule has 1 amide bonds. The summed E-state index contributed by atoms with van der Waals surface area (Å²) in [6.45, 7) is 0.387. The number of benzene rings is 3. The number of rotatable bonds is 7. The van der Waals surface area contributed by atoms with Crippen LogP contribution in [0.3, 0.4) is 0 Å². The Bertz CT molecular complexity index is 1350. The topological polar surface area (TPSA) is 76.6 Å². The van der Waals surface area contributed by atoms with Gasteiger partial charge in [0.1, 0.15) is 5.75 Å². The van der Waals surface area contributed by atoms with Gasteiger partial charge in [-0.15, -0.1) is 0 Å². The molecule has 0 aliphatic carbocycles. The number of thiazole rings is 1. The van der Waals surface area contributed by atoms with Crippen molar-refractivity contribution in [3.8, 4) is 5.75 Å². The molecule has 0 N–H and O–H groups in total. The second-order valence-electron chi connectivity index (χ2n) is 7.39. The van der Waals surface area contributed by atoms with E-state index in [1.165, 1.54) is 23.5 Å². The number of methoxy groups -OCH3 is 1. The van der Waals surface area contributed by atoms with Gasteiger partial charge in [-0.3, -0.25) is 9.69 Å². The van der Waals surface area contributed by atoms with E-state index in [9.17, 15) is 13.2 Å². The number of amides is 1. The Labute approximate surface area is 191 Å². The number of aromatic nitrogens is 1. The van der Waals surface area contributed by atoms with Gasteiger partial charge in [0, 0.05) is 6.26 Å². The third-order valence-electron chi connectivity index (χ3n) is 5.01. The number of hydrogen-bond acceptors (Lipinski definition) is 6. The third kappa shape index (κ3) is 4.98. The fraction of sp³-hybridized carbons (Fsp3) is 0.167. The summed E-state index contributed by atoms with van der Waals surface area (Å²) >= 11 is 1.43. The lowest BCUT2D eigenvalue weighted by molar-refractivity contribution is -0.118. The van der Waals surface area contributed by atoms with Crippen LogP contribution in [0.25, 0.3) is 10.2 Å². The molecular weight excluding hydrogens is 444 g/mol. The van der Waals surface area contributed by atoms with Crippen molar-refractivity contribution in [3.05, 3.63) is 83.9 Å². The summed E-state index contributed by atoms with van der Waals surface area (Å²) in [6, 6.07) is 21.8. The largest absolute Gasteiger partial charge is 0.497 e. The first-order valence-electron chi connectivity index (χ1n) is 9.91. The van der Waals surface area contributed by atoms with Gasteiger partial charge in [-0.2, -0.15) is 0 Å². The lowest BCUT2D eigenvalue weighted by Crippen LogP contribution is -2.31. The van der Waals surface area contributed by atoms with Crippen LogP contribution < -0.4 is 9.64 Å². The molecule has 0 spiro atoms. The van der Waals surface area contributed by atoms with Crippen LogP contribution in [0.2, 0.25) is 0 Å². The summed E-state index contributed by atoms with van der Waals surface area (Å²) in [5, 5.41) is 0.606. The van der Waals surface area contributed by atoms with Gasteiger partial charge < -0.3 is 4.74 Å². The molecule has 0 aliphatic rings. The van der Waals surface area contributed by atoms with Crippen LogP contribution in [0.5, 0.6) is 5.75 Å². The van der Waals surface area contributed by atoms with E-state index in [4.69, 9.17) is 4.74 Å². The van der Waals surface area contributed by atoms with Gasteiger partial charge in [-0.25, -0.2) is 13.4 Å². The number of carbonyl (C=O) groups excluding carboxylic acids is 1. The van der Waals surface area contributed by atoms with Gasteiger partial charge in [-0.05, 0) is 41.5 Å². The van der Waals surface area contributed by atoms with Crippen molar-refractivity contribution in [3.63, 3.8) is 0 Å². The van der Waals surface area contributed by atoms with Crippen LogP contribution >= 0.6 is 11.3 Å². The minimum atomic E-state index is -3.28. The molecule has 6 nitrogen and oxygen atoms in total. The first kappa shape index (κ1) is 22.0. The lowest BCUT2D eigenvalue weighted by Gasteiger charge is -2.20. The molecule has 164 valence electrons. The zero-order chi connectivity index (χ0) is 22.7. The van der Waals surface area contributed by atoms with E-state index < -0.39 is 9.84 Å². The number of ether oxygens (including phenoxy) is 1. The standard InChI is InChI=1S/C24H22N2O4S2/c1-30-19-10-13-21-22(15-19)31-24(25-21)26(16-18-6-4-3-5-7-18)23(27)14-17-8-11-20(12-9-17)32(2,28)29/h3-13,15H,14,16H2,1-2H3. The summed E-state index contributed by atoms with van der Waals surface area (Å²) in [4.78, 5) is 19.9. The van der Waals surface area contributed by atoms with E-state index >= 15 is 0 Å². The highest BCUT2D eigenvalue weighted by molar-refractivity contribution is 7.90. The highest BCUT2D eigenvalue weighted by atomic mass is 32.2. The maximum Gasteiger partial charge on any atom is 0.233 e. The number of sulfone groups is 1. The Kier molecular flexibility index (Phi) is 6.25. The van der Waals surface area contributed by atoms with Gasteiger partial charge in [0.2, 0.25) is 5.91 Å². The summed E-state index contributed by atoms with van der Waals surface area (Å²) < 4.78 is 29.6. The van der Waals surface area contributed by atoms with E-state index in [1.807, 2.05) is 48.5 Å². The van der Waals surface area contributed by atoms with Crippen molar-refractivity contribution < 1.29 is 17.9 Å². The number of anilines is 1. The number of carbonyl (C=O) groups is 1. The maximum atomic E-state index is 13.3. The van der Waals surface area contributed by atoms with Crippen LogP contribution in [-0.4, -0.2) is 32.7 Å². The predicted molar refractivity (Wildman–Crippen MR) is 127 cm³/mol. The van der Waals surface area contributed by atoms with Crippen LogP contribution in [0.4, 0.5) is 5.13 Å². The molecule has 32 heavy (non-hydrogen) atoms. The van der Waals surface area contributed by atoms with Crippen LogP contribution in [-0.2, 0) is 27.6 Å². The van der Waals surface area contributed by atoms with Crippen LogP contribution in [0, 0.1) is 0 Å². The highest BCUT2D eigenvalue weighted by Crippen LogP contribution is 2.32. The van der Waals surface area contributed by atoms with Gasteiger partial charge in [0.25, 0.3) is 0 Å².